The first-order valence-corrected chi connectivity index (χ1v) is 4.73. The van der Waals surface area contributed by atoms with Gasteiger partial charge in [0.15, 0.2) is 0 Å². The van der Waals surface area contributed by atoms with Crippen LogP contribution in [0, 0.1) is 5.92 Å². The normalized spacial score (nSPS) is 11.5. The molecule has 2 heteroatoms. The largest absolute Gasteiger partial charge is 0.334 e. The van der Waals surface area contributed by atoms with Crippen molar-refractivity contribution in [3.8, 4) is 0 Å². The number of carbonyl (C=O) groups is 1. The van der Waals surface area contributed by atoms with Crippen LogP contribution >= 0.6 is 0 Å². The van der Waals surface area contributed by atoms with E-state index in [1.54, 1.807) is 6.08 Å². The second-order valence-corrected chi connectivity index (χ2v) is 4.56. The highest BCUT2D eigenvalue weighted by molar-refractivity contribution is 5.79. The Bertz CT molecular complexity index is 189. The molecular formula is C11H21NO. The molecule has 2 nitrogen and oxygen atoms in total. The summed E-state index contributed by atoms with van der Waals surface area (Å²) in [5.74, 6) is 0.242. The maximum atomic E-state index is 11.8. The Morgan fingerprint density at radius 2 is 1.92 bits per heavy atom. The molecule has 0 heterocycles. The van der Waals surface area contributed by atoms with Gasteiger partial charge in [0.25, 0.3) is 0 Å². The summed E-state index contributed by atoms with van der Waals surface area (Å²) in [5.41, 5.74) is -0.116. The predicted octanol–water partition coefficient (Wildman–Crippen LogP) is 2.46. The van der Waals surface area contributed by atoms with Crippen molar-refractivity contribution < 1.29 is 4.79 Å². The molecule has 0 rings (SSSR count). The monoisotopic (exact) mass is 183 g/mol. The fourth-order valence-electron chi connectivity index (χ4n) is 1.14. The van der Waals surface area contributed by atoms with Crippen molar-refractivity contribution in [2.24, 2.45) is 5.92 Å². The first kappa shape index (κ1) is 12.2. The van der Waals surface area contributed by atoms with Crippen molar-refractivity contribution in [3.05, 3.63) is 12.7 Å². The molecule has 0 bridgehead atoms. The molecule has 0 unspecified atom stereocenters. The highest BCUT2D eigenvalue weighted by Crippen LogP contribution is 2.16. The summed E-state index contributed by atoms with van der Waals surface area (Å²) in [5, 5.41) is 0. The Labute approximate surface area is 81.6 Å². The molecule has 0 aromatic rings. The van der Waals surface area contributed by atoms with Crippen LogP contribution in [0.3, 0.4) is 0 Å². The van der Waals surface area contributed by atoms with Crippen LogP contribution in [0.4, 0.5) is 0 Å². The number of hydrogen-bond donors (Lipinski definition) is 0. The fraction of sp³-hybridized carbons (Fsp3) is 0.727. The van der Waals surface area contributed by atoms with E-state index in [4.69, 9.17) is 0 Å². The summed E-state index contributed by atoms with van der Waals surface area (Å²) in [6.45, 7) is 14.2. The van der Waals surface area contributed by atoms with Crippen LogP contribution in [-0.2, 0) is 4.79 Å². The van der Waals surface area contributed by atoms with Gasteiger partial charge >= 0.3 is 0 Å². The number of nitrogens with zero attached hydrogens (tertiary/aromatic N) is 1. The molecule has 0 aliphatic heterocycles. The summed E-state index contributed by atoms with van der Waals surface area (Å²) in [6, 6.07) is 0. The number of amides is 1. The van der Waals surface area contributed by atoms with Crippen molar-refractivity contribution in [1.29, 1.82) is 0 Å². The maximum absolute atomic E-state index is 11.8. The zero-order valence-corrected chi connectivity index (χ0v) is 9.42. The third-order valence-corrected chi connectivity index (χ3v) is 1.88. The second kappa shape index (κ2) is 4.45. The highest BCUT2D eigenvalue weighted by atomic mass is 16.2. The van der Waals surface area contributed by atoms with Gasteiger partial charge in [0, 0.05) is 18.0 Å². The van der Waals surface area contributed by atoms with Gasteiger partial charge in [-0.15, -0.1) is 6.58 Å². The van der Waals surface area contributed by atoms with Crippen LogP contribution in [0.1, 0.15) is 34.6 Å². The lowest BCUT2D eigenvalue weighted by atomic mass is 10.0. The molecule has 0 radical (unpaired) electrons. The van der Waals surface area contributed by atoms with Gasteiger partial charge in [0.1, 0.15) is 0 Å². The maximum Gasteiger partial charge on any atom is 0.225 e. The SMILES string of the molecule is C=CCN(C(=O)C(C)C)C(C)(C)C. The second-order valence-electron chi connectivity index (χ2n) is 4.56. The average Bonchev–Trinajstić information content (AvgIpc) is 1.96. The molecule has 0 saturated carbocycles. The van der Waals surface area contributed by atoms with Gasteiger partial charge in [0.05, 0.1) is 0 Å². The Morgan fingerprint density at radius 1 is 1.46 bits per heavy atom. The minimum Gasteiger partial charge on any atom is -0.334 e. The quantitative estimate of drug-likeness (QED) is 0.615. The lowest BCUT2D eigenvalue weighted by Crippen LogP contribution is -2.47. The first-order chi connectivity index (χ1) is 5.80. The Morgan fingerprint density at radius 3 is 2.15 bits per heavy atom. The lowest BCUT2D eigenvalue weighted by Gasteiger charge is -2.36. The van der Waals surface area contributed by atoms with E-state index < -0.39 is 0 Å². The van der Waals surface area contributed by atoms with E-state index in [9.17, 15) is 4.79 Å². The Kier molecular flexibility index (Phi) is 4.18. The summed E-state index contributed by atoms with van der Waals surface area (Å²) in [6.07, 6.45) is 1.77. The van der Waals surface area contributed by atoms with Gasteiger partial charge in [-0.05, 0) is 20.8 Å². The minimum absolute atomic E-state index is 0.0548. The van der Waals surface area contributed by atoms with E-state index in [0.29, 0.717) is 6.54 Å². The summed E-state index contributed by atoms with van der Waals surface area (Å²) in [7, 11) is 0. The van der Waals surface area contributed by atoms with E-state index in [1.807, 2.05) is 39.5 Å². The summed E-state index contributed by atoms with van der Waals surface area (Å²) in [4.78, 5) is 13.6. The zero-order valence-electron chi connectivity index (χ0n) is 9.42. The molecule has 0 aliphatic carbocycles. The van der Waals surface area contributed by atoms with Crippen LogP contribution in [0.25, 0.3) is 0 Å². The number of rotatable bonds is 3. The molecule has 13 heavy (non-hydrogen) atoms. The van der Waals surface area contributed by atoms with E-state index in [2.05, 4.69) is 6.58 Å². The molecule has 0 aromatic carbocycles. The summed E-state index contributed by atoms with van der Waals surface area (Å²) < 4.78 is 0. The van der Waals surface area contributed by atoms with E-state index in [1.165, 1.54) is 0 Å². The van der Waals surface area contributed by atoms with Crippen LogP contribution in [0.5, 0.6) is 0 Å². The van der Waals surface area contributed by atoms with E-state index in [-0.39, 0.29) is 17.4 Å². The zero-order chi connectivity index (χ0) is 10.6. The Balaban J connectivity index is 4.61. The average molecular weight is 183 g/mol. The molecule has 0 saturated heterocycles. The van der Waals surface area contributed by atoms with Crippen molar-refractivity contribution in [1.82, 2.24) is 4.90 Å². The van der Waals surface area contributed by atoms with Crippen LogP contribution in [0.2, 0.25) is 0 Å². The predicted molar refractivity (Wildman–Crippen MR) is 56.5 cm³/mol. The molecule has 0 aromatic heterocycles. The molecule has 0 N–H and O–H groups in total. The molecule has 0 fully saturated rings. The lowest BCUT2D eigenvalue weighted by molar-refractivity contribution is -0.138. The standard InChI is InChI=1S/C11H21NO/c1-7-8-12(11(4,5)6)10(13)9(2)3/h7,9H,1,8H2,2-6H3. The Hall–Kier alpha value is -0.790. The van der Waals surface area contributed by atoms with Gasteiger partial charge in [-0.1, -0.05) is 19.9 Å². The smallest absolute Gasteiger partial charge is 0.225 e. The topological polar surface area (TPSA) is 20.3 Å². The highest BCUT2D eigenvalue weighted by Gasteiger charge is 2.26. The molecule has 0 aliphatic rings. The number of carbonyl (C=O) groups excluding carboxylic acids is 1. The van der Waals surface area contributed by atoms with Crippen LogP contribution < -0.4 is 0 Å². The summed E-state index contributed by atoms with van der Waals surface area (Å²) >= 11 is 0. The molecular weight excluding hydrogens is 162 g/mol. The third-order valence-electron chi connectivity index (χ3n) is 1.88. The van der Waals surface area contributed by atoms with Gasteiger partial charge in [0.2, 0.25) is 5.91 Å². The van der Waals surface area contributed by atoms with Crippen LogP contribution in [0.15, 0.2) is 12.7 Å². The first-order valence-electron chi connectivity index (χ1n) is 4.73. The molecule has 76 valence electrons. The van der Waals surface area contributed by atoms with Crippen molar-refractivity contribution >= 4 is 5.91 Å². The van der Waals surface area contributed by atoms with Crippen molar-refractivity contribution in [3.63, 3.8) is 0 Å². The molecule has 0 atom stereocenters. The minimum atomic E-state index is -0.116. The van der Waals surface area contributed by atoms with Gasteiger partial charge < -0.3 is 4.90 Å². The van der Waals surface area contributed by atoms with Crippen molar-refractivity contribution in [2.75, 3.05) is 6.54 Å². The number of hydrogen-bond acceptors (Lipinski definition) is 1. The van der Waals surface area contributed by atoms with Crippen molar-refractivity contribution in [2.45, 2.75) is 40.2 Å². The third kappa shape index (κ3) is 3.62. The van der Waals surface area contributed by atoms with E-state index >= 15 is 0 Å². The van der Waals surface area contributed by atoms with Gasteiger partial charge in [-0.2, -0.15) is 0 Å². The fourth-order valence-corrected chi connectivity index (χ4v) is 1.14. The van der Waals surface area contributed by atoms with E-state index in [0.717, 1.165) is 0 Å². The molecule has 0 spiro atoms. The molecule has 1 amide bonds. The van der Waals surface area contributed by atoms with Crippen LogP contribution in [-0.4, -0.2) is 22.9 Å². The van der Waals surface area contributed by atoms with Gasteiger partial charge in [-0.3, -0.25) is 4.79 Å². The van der Waals surface area contributed by atoms with Gasteiger partial charge in [-0.25, -0.2) is 0 Å².